The summed E-state index contributed by atoms with van der Waals surface area (Å²) in [6.07, 6.45) is 4.99. The summed E-state index contributed by atoms with van der Waals surface area (Å²) in [5, 5.41) is 0.334. The minimum absolute atomic E-state index is 0.132. The van der Waals surface area contributed by atoms with Crippen molar-refractivity contribution < 1.29 is 13.9 Å². The van der Waals surface area contributed by atoms with Crippen LogP contribution >= 0.6 is 11.6 Å². The average molecular weight is 387 g/mol. The highest BCUT2D eigenvalue weighted by atomic mass is 35.5. The number of benzene rings is 1. The molecule has 27 heavy (non-hydrogen) atoms. The Morgan fingerprint density at radius 3 is 2.78 bits per heavy atom. The van der Waals surface area contributed by atoms with Gasteiger partial charge in [0.2, 0.25) is 0 Å². The fourth-order valence-electron chi connectivity index (χ4n) is 2.87. The summed E-state index contributed by atoms with van der Waals surface area (Å²) in [4.78, 5) is 28.4. The van der Waals surface area contributed by atoms with E-state index in [0.29, 0.717) is 22.6 Å². The maximum Gasteiger partial charge on any atom is 0.339 e. The van der Waals surface area contributed by atoms with E-state index in [9.17, 15) is 14.0 Å². The van der Waals surface area contributed by atoms with Crippen molar-refractivity contribution in [3.05, 3.63) is 86.8 Å². The summed E-state index contributed by atoms with van der Waals surface area (Å²) in [5.41, 5.74) is 1.74. The predicted octanol–water partition coefficient (Wildman–Crippen LogP) is 3.62. The quantitative estimate of drug-likeness (QED) is 0.642. The number of aryl methyl sites for hydroxylation is 1. The lowest BCUT2D eigenvalue weighted by Crippen LogP contribution is -2.19. The Hall–Kier alpha value is -2.99. The van der Waals surface area contributed by atoms with Gasteiger partial charge in [-0.05, 0) is 47.9 Å². The molecule has 0 bridgehead atoms. The number of pyridine rings is 2. The summed E-state index contributed by atoms with van der Waals surface area (Å²) >= 11 is 5.97. The Morgan fingerprint density at radius 1 is 1.26 bits per heavy atom. The Morgan fingerprint density at radius 2 is 2.04 bits per heavy atom. The van der Waals surface area contributed by atoms with Gasteiger partial charge in [-0.3, -0.25) is 9.78 Å². The van der Waals surface area contributed by atoms with Crippen molar-refractivity contribution in [2.45, 2.75) is 6.42 Å². The van der Waals surface area contributed by atoms with Crippen LogP contribution in [0.1, 0.15) is 21.5 Å². The molecule has 0 aliphatic carbocycles. The fraction of sp³-hybridized carbons (Fsp3) is 0.150. The summed E-state index contributed by atoms with van der Waals surface area (Å²) < 4.78 is 20.4. The van der Waals surface area contributed by atoms with Gasteiger partial charge in [0.05, 0.1) is 18.2 Å². The van der Waals surface area contributed by atoms with Crippen molar-refractivity contribution in [2.75, 3.05) is 7.11 Å². The van der Waals surface area contributed by atoms with Crippen LogP contribution < -0.4 is 5.56 Å². The number of carbonyl (C=O) groups excluding carboxylic acids is 1. The van der Waals surface area contributed by atoms with E-state index < -0.39 is 11.8 Å². The van der Waals surface area contributed by atoms with E-state index in [-0.39, 0.29) is 16.7 Å². The molecule has 5 nitrogen and oxygen atoms in total. The molecule has 3 aromatic rings. The summed E-state index contributed by atoms with van der Waals surface area (Å²) in [6, 6.07) is 7.38. The summed E-state index contributed by atoms with van der Waals surface area (Å²) in [5.74, 6) is -1.03. The molecule has 0 unspecified atom stereocenters. The minimum atomic E-state index is -0.534. The van der Waals surface area contributed by atoms with Crippen LogP contribution in [0.25, 0.3) is 11.1 Å². The van der Waals surface area contributed by atoms with E-state index in [1.807, 2.05) is 0 Å². The molecule has 0 aliphatic rings. The lowest BCUT2D eigenvalue weighted by Gasteiger charge is -2.11. The molecule has 0 saturated heterocycles. The normalized spacial score (nSPS) is 10.7. The largest absolute Gasteiger partial charge is 0.465 e. The van der Waals surface area contributed by atoms with Crippen molar-refractivity contribution in [3.8, 4) is 11.1 Å². The van der Waals surface area contributed by atoms with Gasteiger partial charge >= 0.3 is 5.97 Å². The van der Waals surface area contributed by atoms with Gasteiger partial charge in [0, 0.05) is 36.2 Å². The van der Waals surface area contributed by atoms with Gasteiger partial charge in [0.1, 0.15) is 5.82 Å². The number of methoxy groups -OCH3 is 1. The maximum atomic E-state index is 14.3. The van der Waals surface area contributed by atoms with Crippen LogP contribution in [0.2, 0.25) is 5.02 Å². The molecule has 7 heteroatoms. The molecule has 0 atom stereocenters. The molecule has 138 valence electrons. The van der Waals surface area contributed by atoms with Crippen LogP contribution in [-0.4, -0.2) is 22.6 Å². The lowest BCUT2D eigenvalue weighted by molar-refractivity contribution is 0.0599. The van der Waals surface area contributed by atoms with E-state index in [4.69, 9.17) is 16.3 Å². The van der Waals surface area contributed by atoms with Gasteiger partial charge in [-0.2, -0.15) is 0 Å². The van der Waals surface area contributed by atoms with Crippen molar-refractivity contribution >= 4 is 17.6 Å². The second-order valence-corrected chi connectivity index (χ2v) is 6.44. The monoisotopic (exact) mass is 386 g/mol. The summed E-state index contributed by atoms with van der Waals surface area (Å²) in [6.45, 7) is 0. The van der Waals surface area contributed by atoms with Gasteiger partial charge in [0.25, 0.3) is 5.56 Å². The smallest absolute Gasteiger partial charge is 0.339 e. The van der Waals surface area contributed by atoms with Crippen LogP contribution in [-0.2, 0) is 18.2 Å². The molecule has 2 aromatic heterocycles. The molecule has 0 radical (unpaired) electrons. The zero-order chi connectivity index (χ0) is 19.6. The van der Waals surface area contributed by atoms with Crippen LogP contribution in [0.5, 0.6) is 0 Å². The summed E-state index contributed by atoms with van der Waals surface area (Å²) in [7, 11) is 2.89. The molecule has 2 heterocycles. The number of nitrogens with zero attached hydrogens (tertiary/aromatic N) is 2. The Kier molecular flexibility index (Phi) is 5.37. The van der Waals surface area contributed by atoms with Crippen molar-refractivity contribution in [3.63, 3.8) is 0 Å². The van der Waals surface area contributed by atoms with Crippen molar-refractivity contribution in [1.82, 2.24) is 9.55 Å². The van der Waals surface area contributed by atoms with Crippen molar-refractivity contribution in [1.29, 1.82) is 0 Å². The zero-order valence-corrected chi connectivity index (χ0v) is 15.5. The number of carbonyl (C=O) groups is 1. The lowest BCUT2D eigenvalue weighted by atomic mass is 9.99. The Balaban J connectivity index is 2.10. The standard InChI is InChI=1S/C20H16ClFN2O3/c1-24-11-12(7-13-5-6-23-10-17(13)20(26)27-2)8-16(19(24)25)15-9-14(21)3-4-18(15)22/h3-6,8-11H,7H2,1-2H3. The molecule has 0 spiro atoms. The first-order valence-electron chi connectivity index (χ1n) is 8.07. The number of hydrogen-bond acceptors (Lipinski definition) is 4. The van der Waals surface area contributed by atoms with Crippen LogP contribution in [0.4, 0.5) is 4.39 Å². The van der Waals surface area contributed by atoms with E-state index in [2.05, 4.69) is 4.98 Å². The third kappa shape index (κ3) is 3.90. The zero-order valence-electron chi connectivity index (χ0n) is 14.7. The first-order chi connectivity index (χ1) is 12.9. The number of ether oxygens (including phenoxy) is 1. The number of halogens is 2. The molecule has 3 rings (SSSR count). The second-order valence-electron chi connectivity index (χ2n) is 6.00. The highest BCUT2D eigenvalue weighted by Gasteiger charge is 2.16. The number of hydrogen-bond donors (Lipinski definition) is 0. The molecule has 0 fully saturated rings. The van der Waals surface area contributed by atoms with Crippen LogP contribution in [0.3, 0.4) is 0 Å². The number of aromatic nitrogens is 2. The van der Waals surface area contributed by atoms with E-state index in [1.54, 1.807) is 31.6 Å². The fourth-order valence-corrected chi connectivity index (χ4v) is 3.04. The van der Waals surface area contributed by atoms with E-state index in [0.717, 1.165) is 5.56 Å². The molecule has 0 amide bonds. The van der Waals surface area contributed by atoms with E-state index in [1.165, 1.54) is 36.1 Å². The van der Waals surface area contributed by atoms with Crippen molar-refractivity contribution in [2.24, 2.45) is 7.05 Å². The SMILES string of the molecule is COC(=O)c1cnccc1Cc1cc(-c2cc(Cl)ccc2F)c(=O)n(C)c1. The average Bonchev–Trinajstić information content (AvgIpc) is 2.66. The predicted molar refractivity (Wildman–Crippen MR) is 100 cm³/mol. The third-order valence-corrected chi connectivity index (χ3v) is 4.40. The first kappa shape index (κ1) is 18.8. The van der Waals surface area contributed by atoms with E-state index >= 15 is 0 Å². The third-order valence-electron chi connectivity index (χ3n) is 4.17. The molecular formula is C20H16ClFN2O3. The van der Waals surface area contributed by atoms with Crippen LogP contribution in [0.15, 0.2) is 53.7 Å². The van der Waals surface area contributed by atoms with Crippen LogP contribution in [0, 0.1) is 5.82 Å². The first-order valence-corrected chi connectivity index (χ1v) is 8.44. The molecule has 1 aromatic carbocycles. The van der Waals surface area contributed by atoms with Gasteiger partial charge in [-0.15, -0.1) is 0 Å². The Labute approximate surface area is 160 Å². The van der Waals surface area contributed by atoms with Gasteiger partial charge in [-0.25, -0.2) is 9.18 Å². The van der Waals surface area contributed by atoms with Gasteiger partial charge in [0.15, 0.2) is 0 Å². The number of rotatable bonds is 4. The topological polar surface area (TPSA) is 61.2 Å². The Bertz CT molecular complexity index is 1080. The molecular weight excluding hydrogens is 371 g/mol. The maximum absolute atomic E-state index is 14.3. The second kappa shape index (κ2) is 7.72. The highest BCUT2D eigenvalue weighted by molar-refractivity contribution is 6.30. The van der Waals surface area contributed by atoms with Gasteiger partial charge < -0.3 is 9.30 Å². The molecule has 0 N–H and O–H groups in total. The van der Waals surface area contributed by atoms with Gasteiger partial charge in [-0.1, -0.05) is 11.6 Å². The molecule has 0 saturated carbocycles. The molecule has 0 aliphatic heterocycles. The highest BCUT2D eigenvalue weighted by Crippen LogP contribution is 2.25. The number of esters is 1. The minimum Gasteiger partial charge on any atom is -0.465 e.